The maximum Gasteiger partial charge on any atom is 0.253 e. The van der Waals surface area contributed by atoms with Gasteiger partial charge in [0, 0.05) is 48.6 Å². The molecule has 2 aliphatic rings. The molecule has 1 saturated heterocycles. The Hall–Kier alpha value is -0.710. The normalized spacial score (nSPS) is 33.7. The third-order valence-electron chi connectivity index (χ3n) is 4.64. The van der Waals surface area contributed by atoms with E-state index in [0.29, 0.717) is 11.1 Å². The Morgan fingerprint density at radius 1 is 1.29 bits per heavy atom. The van der Waals surface area contributed by atoms with Crippen molar-refractivity contribution in [3.05, 3.63) is 34.9 Å². The summed E-state index contributed by atoms with van der Waals surface area (Å²) in [5, 5.41) is 4.05. The number of rotatable bonds is 3. The van der Waals surface area contributed by atoms with Crippen molar-refractivity contribution in [3.63, 3.8) is 0 Å². The first-order valence-electron chi connectivity index (χ1n) is 7.51. The molecule has 1 saturated carbocycles. The quantitative estimate of drug-likeness (QED) is 0.915. The van der Waals surface area contributed by atoms with Crippen LogP contribution >= 0.6 is 11.6 Å². The van der Waals surface area contributed by atoms with Gasteiger partial charge in [-0.05, 0) is 31.5 Å². The van der Waals surface area contributed by atoms with Gasteiger partial charge in [0.15, 0.2) is 0 Å². The molecule has 21 heavy (non-hydrogen) atoms. The van der Waals surface area contributed by atoms with E-state index in [1.807, 2.05) is 12.1 Å². The first-order valence-corrected chi connectivity index (χ1v) is 7.88. The number of hydrogen-bond acceptors (Lipinski definition) is 2. The lowest BCUT2D eigenvalue weighted by molar-refractivity contribution is 0.0335. The van der Waals surface area contributed by atoms with Crippen LogP contribution in [0.4, 0.5) is 8.78 Å². The molecule has 0 amide bonds. The molecule has 116 valence electrons. The van der Waals surface area contributed by atoms with Crippen LogP contribution in [0.25, 0.3) is 0 Å². The maximum atomic E-state index is 13.7. The molecule has 0 spiro atoms. The third-order valence-corrected chi connectivity index (χ3v) is 4.89. The van der Waals surface area contributed by atoms with Crippen LogP contribution in [0, 0.1) is 5.92 Å². The van der Waals surface area contributed by atoms with E-state index in [1.165, 1.54) is 0 Å². The highest BCUT2D eigenvalue weighted by Gasteiger charge is 2.62. The standard InChI is InChI=1S/C16H21ClF2N2/c1-10-9-21(11(2)8-20-10)15(14-7-16(14,18)19)12-3-5-13(17)6-4-12/h3-6,10-11,14-15,20H,7-9H2,1-2H3/t10-,11+,14-,15?/m0/s1. The van der Waals surface area contributed by atoms with Gasteiger partial charge in [-0.3, -0.25) is 4.90 Å². The van der Waals surface area contributed by atoms with Crippen molar-refractivity contribution in [1.82, 2.24) is 10.2 Å². The molecule has 5 heteroatoms. The zero-order chi connectivity index (χ0) is 15.2. The van der Waals surface area contributed by atoms with Crippen molar-refractivity contribution < 1.29 is 8.78 Å². The fourth-order valence-corrected chi connectivity index (χ4v) is 3.46. The summed E-state index contributed by atoms with van der Waals surface area (Å²) in [6.45, 7) is 5.83. The van der Waals surface area contributed by atoms with Crippen molar-refractivity contribution in [2.24, 2.45) is 5.92 Å². The molecule has 1 aliphatic heterocycles. The Kier molecular flexibility index (Phi) is 3.97. The summed E-state index contributed by atoms with van der Waals surface area (Å²) in [4.78, 5) is 2.23. The fraction of sp³-hybridized carbons (Fsp3) is 0.625. The van der Waals surface area contributed by atoms with Crippen molar-refractivity contribution in [3.8, 4) is 0 Å². The summed E-state index contributed by atoms with van der Waals surface area (Å²) in [6.07, 6.45) is -0.00861. The first kappa shape index (κ1) is 15.2. The van der Waals surface area contributed by atoms with E-state index in [-0.39, 0.29) is 18.5 Å². The highest BCUT2D eigenvalue weighted by atomic mass is 35.5. The van der Waals surface area contributed by atoms with Crippen LogP contribution < -0.4 is 5.32 Å². The molecule has 1 heterocycles. The Morgan fingerprint density at radius 2 is 1.90 bits per heavy atom. The van der Waals surface area contributed by atoms with Gasteiger partial charge >= 0.3 is 0 Å². The van der Waals surface area contributed by atoms with Crippen molar-refractivity contribution in [2.75, 3.05) is 13.1 Å². The van der Waals surface area contributed by atoms with E-state index in [9.17, 15) is 8.78 Å². The SMILES string of the molecule is C[C@@H]1CN[C@@H](C)CN1C(c1ccc(Cl)cc1)[C@@H]1CC1(F)F. The summed E-state index contributed by atoms with van der Waals surface area (Å²) < 4.78 is 27.4. The number of alkyl halides is 2. The number of nitrogens with one attached hydrogen (secondary N) is 1. The van der Waals surface area contributed by atoms with Gasteiger partial charge in [0.25, 0.3) is 5.92 Å². The summed E-state index contributed by atoms with van der Waals surface area (Å²) in [5.41, 5.74) is 0.947. The lowest BCUT2D eigenvalue weighted by atomic mass is 9.96. The largest absolute Gasteiger partial charge is 0.311 e. The van der Waals surface area contributed by atoms with E-state index in [1.54, 1.807) is 12.1 Å². The number of halogens is 3. The molecule has 0 bridgehead atoms. The van der Waals surface area contributed by atoms with Gasteiger partial charge in [-0.2, -0.15) is 0 Å². The molecule has 3 rings (SSSR count). The average molecular weight is 315 g/mol. The molecule has 1 N–H and O–H groups in total. The lowest BCUT2D eigenvalue weighted by Gasteiger charge is -2.43. The van der Waals surface area contributed by atoms with Crippen LogP contribution in [-0.4, -0.2) is 36.0 Å². The summed E-state index contributed by atoms with van der Waals surface area (Å²) >= 11 is 5.93. The maximum absolute atomic E-state index is 13.7. The monoisotopic (exact) mass is 314 g/mol. The minimum Gasteiger partial charge on any atom is -0.311 e. The lowest BCUT2D eigenvalue weighted by Crippen LogP contribution is -2.55. The Morgan fingerprint density at radius 3 is 2.48 bits per heavy atom. The molecule has 1 unspecified atom stereocenters. The predicted octanol–water partition coefficient (Wildman–Crippen LogP) is 3.72. The molecular weight excluding hydrogens is 294 g/mol. The molecule has 2 fully saturated rings. The second-order valence-corrected chi connectivity index (χ2v) is 6.86. The van der Waals surface area contributed by atoms with E-state index in [2.05, 4.69) is 24.1 Å². The van der Waals surface area contributed by atoms with Crippen LogP contribution in [0.1, 0.15) is 31.9 Å². The molecule has 1 aromatic carbocycles. The van der Waals surface area contributed by atoms with Crippen LogP contribution in [-0.2, 0) is 0 Å². The second kappa shape index (κ2) is 5.49. The third kappa shape index (κ3) is 3.08. The highest BCUT2D eigenvalue weighted by Crippen LogP contribution is 2.57. The minimum atomic E-state index is -2.53. The van der Waals surface area contributed by atoms with Gasteiger partial charge in [0.2, 0.25) is 0 Å². The van der Waals surface area contributed by atoms with Gasteiger partial charge < -0.3 is 5.32 Å². The van der Waals surface area contributed by atoms with Gasteiger partial charge in [0.1, 0.15) is 0 Å². The molecule has 1 aliphatic carbocycles. The van der Waals surface area contributed by atoms with E-state index in [4.69, 9.17) is 11.6 Å². The van der Waals surface area contributed by atoms with Crippen LogP contribution in [0.3, 0.4) is 0 Å². The van der Waals surface area contributed by atoms with Crippen molar-refractivity contribution in [2.45, 2.75) is 44.3 Å². The Balaban J connectivity index is 1.91. The Labute approximate surface area is 129 Å². The Bertz CT molecular complexity index is 506. The van der Waals surface area contributed by atoms with Gasteiger partial charge in [-0.25, -0.2) is 8.78 Å². The fourth-order valence-electron chi connectivity index (χ4n) is 3.33. The zero-order valence-corrected chi connectivity index (χ0v) is 13.1. The van der Waals surface area contributed by atoms with Crippen LogP contribution in [0.15, 0.2) is 24.3 Å². The molecule has 0 radical (unpaired) electrons. The average Bonchev–Trinajstić information content (AvgIpc) is 3.05. The minimum absolute atomic E-state index is 0.00861. The molecule has 2 nitrogen and oxygen atoms in total. The smallest absolute Gasteiger partial charge is 0.253 e. The highest BCUT2D eigenvalue weighted by molar-refractivity contribution is 6.30. The van der Waals surface area contributed by atoms with Crippen LogP contribution in [0.2, 0.25) is 5.02 Å². The first-order chi connectivity index (χ1) is 9.88. The van der Waals surface area contributed by atoms with Gasteiger partial charge in [0.05, 0.1) is 0 Å². The molecular formula is C16H21ClF2N2. The topological polar surface area (TPSA) is 15.3 Å². The molecule has 0 aromatic heterocycles. The number of hydrogen-bond donors (Lipinski definition) is 1. The number of piperazine rings is 1. The van der Waals surface area contributed by atoms with Crippen molar-refractivity contribution in [1.29, 1.82) is 0 Å². The van der Waals surface area contributed by atoms with Gasteiger partial charge in [-0.15, -0.1) is 0 Å². The molecule has 1 aromatic rings. The van der Waals surface area contributed by atoms with E-state index < -0.39 is 11.8 Å². The van der Waals surface area contributed by atoms with Crippen molar-refractivity contribution >= 4 is 11.6 Å². The number of nitrogens with zero attached hydrogens (tertiary/aromatic N) is 1. The van der Waals surface area contributed by atoms with E-state index in [0.717, 1.165) is 18.7 Å². The molecule has 4 atom stereocenters. The summed E-state index contributed by atoms with van der Waals surface area (Å²) in [7, 11) is 0. The van der Waals surface area contributed by atoms with Gasteiger partial charge in [-0.1, -0.05) is 23.7 Å². The zero-order valence-electron chi connectivity index (χ0n) is 12.3. The summed E-state index contributed by atoms with van der Waals surface area (Å²) in [5.74, 6) is -3.11. The summed E-state index contributed by atoms with van der Waals surface area (Å²) in [6, 6.07) is 7.71. The van der Waals surface area contributed by atoms with Crippen LogP contribution in [0.5, 0.6) is 0 Å². The predicted molar refractivity (Wildman–Crippen MR) is 80.9 cm³/mol. The number of benzene rings is 1. The second-order valence-electron chi connectivity index (χ2n) is 6.42. The van der Waals surface area contributed by atoms with E-state index >= 15 is 0 Å².